The quantitative estimate of drug-likeness (QED) is 0.675. The highest BCUT2D eigenvalue weighted by Crippen LogP contribution is 2.25. The van der Waals surface area contributed by atoms with Gasteiger partial charge in [-0.25, -0.2) is 0 Å². The Bertz CT molecular complexity index is 1020. The number of aromatic nitrogens is 2. The SMILES string of the molecule is Cc1c[nH]c(=O)c2c(C(=O)N3CCc4cc(Br)ccc4C3)c[nH]c12. The summed E-state index contributed by atoms with van der Waals surface area (Å²) in [6.07, 6.45) is 4.12. The second kappa shape index (κ2) is 5.63. The minimum absolute atomic E-state index is 0.106. The van der Waals surface area contributed by atoms with Crippen molar-refractivity contribution in [1.29, 1.82) is 0 Å². The Hall–Kier alpha value is -2.34. The van der Waals surface area contributed by atoms with E-state index in [1.54, 1.807) is 17.3 Å². The lowest BCUT2D eigenvalue weighted by Gasteiger charge is -2.29. The molecule has 1 amide bonds. The summed E-state index contributed by atoms with van der Waals surface area (Å²) in [6.45, 7) is 3.12. The summed E-state index contributed by atoms with van der Waals surface area (Å²) in [5, 5.41) is 0.446. The molecular formula is C18H16BrN3O2. The van der Waals surface area contributed by atoms with Gasteiger partial charge in [-0.1, -0.05) is 22.0 Å². The Kier molecular flexibility index (Phi) is 3.57. The van der Waals surface area contributed by atoms with Crippen molar-refractivity contribution in [3.05, 3.63) is 67.7 Å². The number of benzene rings is 1. The van der Waals surface area contributed by atoms with Crippen molar-refractivity contribution in [2.45, 2.75) is 19.9 Å². The molecule has 0 atom stereocenters. The summed E-state index contributed by atoms with van der Waals surface area (Å²) in [5.74, 6) is -0.106. The van der Waals surface area contributed by atoms with Crippen LogP contribution in [0.2, 0.25) is 0 Å². The zero-order chi connectivity index (χ0) is 16.8. The molecule has 1 aliphatic heterocycles. The normalized spacial score (nSPS) is 14.0. The standard InChI is InChI=1S/C18H16BrN3O2/c1-10-7-21-17(23)15-14(8-20-16(10)15)18(24)22-5-4-11-6-13(19)3-2-12(11)9-22/h2-3,6-8,20H,4-5,9H2,1H3,(H,21,23). The molecule has 24 heavy (non-hydrogen) atoms. The topological polar surface area (TPSA) is 69.0 Å². The number of amides is 1. The van der Waals surface area contributed by atoms with Gasteiger partial charge in [-0.2, -0.15) is 0 Å². The van der Waals surface area contributed by atoms with Gasteiger partial charge in [0.1, 0.15) is 0 Å². The molecule has 2 N–H and O–H groups in total. The molecular weight excluding hydrogens is 370 g/mol. The molecule has 0 radical (unpaired) electrons. The summed E-state index contributed by atoms with van der Waals surface area (Å²) in [5.41, 5.74) is 4.27. The molecule has 3 aromatic rings. The Morgan fingerprint density at radius 2 is 2.04 bits per heavy atom. The molecule has 0 spiro atoms. The highest BCUT2D eigenvalue weighted by Gasteiger charge is 2.25. The summed E-state index contributed by atoms with van der Waals surface area (Å²) >= 11 is 3.48. The number of aryl methyl sites for hydroxylation is 1. The average Bonchev–Trinajstić information content (AvgIpc) is 3.03. The molecule has 0 saturated carbocycles. The van der Waals surface area contributed by atoms with Gasteiger partial charge >= 0.3 is 0 Å². The second-order valence-corrected chi connectivity index (χ2v) is 7.06. The van der Waals surface area contributed by atoms with Crippen LogP contribution in [-0.4, -0.2) is 27.3 Å². The number of nitrogens with one attached hydrogen (secondary N) is 2. The number of fused-ring (bicyclic) bond motifs is 2. The van der Waals surface area contributed by atoms with Gasteiger partial charge in [-0.15, -0.1) is 0 Å². The number of halogens is 1. The molecule has 1 aromatic carbocycles. The van der Waals surface area contributed by atoms with Gasteiger partial charge in [0.15, 0.2) is 0 Å². The Morgan fingerprint density at radius 1 is 1.21 bits per heavy atom. The summed E-state index contributed by atoms with van der Waals surface area (Å²) in [4.78, 5) is 32.7. The van der Waals surface area contributed by atoms with Crippen molar-refractivity contribution in [2.24, 2.45) is 0 Å². The first-order valence-electron chi connectivity index (χ1n) is 7.80. The van der Waals surface area contributed by atoms with Crippen LogP contribution < -0.4 is 5.56 Å². The van der Waals surface area contributed by atoms with E-state index in [9.17, 15) is 9.59 Å². The maximum absolute atomic E-state index is 13.0. The van der Waals surface area contributed by atoms with Crippen LogP contribution >= 0.6 is 15.9 Å². The first-order chi connectivity index (χ1) is 11.5. The zero-order valence-corrected chi connectivity index (χ0v) is 14.7. The lowest BCUT2D eigenvalue weighted by Crippen LogP contribution is -2.36. The average molecular weight is 386 g/mol. The van der Waals surface area contributed by atoms with E-state index < -0.39 is 0 Å². The van der Waals surface area contributed by atoms with Gasteiger partial charge in [-0.05, 0) is 42.2 Å². The first-order valence-corrected chi connectivity index (χ1v) is 8.60. The van der Waals surface area contributed by atoms with Gasteiger partial charge in [0.25, 0.3) is 11.5 Å². The summed E-state index contributed by atoms with van der Waals surface area (Å²) in [6, 6.07) is 6.15. The fourth-order valence-electron chi connectivity index (χ4n) is 3.32. The predicted molar refractivity (Wildman–Crippen MR) is 96.2 cm³/mol. The monoisotopic (exact) mass is 385 g/mol. The molecule has 6 heteroatoms. The number of carbonyl (C=O) groups excluding carboxylic acids is 1. The van der Waals surface area contributed by atoms with Gasteiger partial charge in [0, 0.05) is 30.0 Å². The summed E-state index contributed by atoms with van der Waals surface area (Å²) in [7, 11) is 0. The van der Waals surface area contributed by atoms with Crippen molar-refractivity contribution in [2.75, 3.05) is 6.54 Å². The van der Waals surface area contributed by atoms with E-state index in [4.69, 9.17) is 0 Å². The van der Waals surface area contributed by atoms with Crippen LogP contribution in [0.15, 0.2) is 39.9 Å². The highest BCUT2D eigenvalue weighted by atomic mass is 79.9. The zero-order valence-electron chi connectivity index (χ0n) is 13.1. The highest BCUT2D eigenvalue weighted by molar-refractivity contribution is 9.10. The fraction of sp³-hybridized carbons (Fsp3) is 0.222. The molecule has 0 aliphatic carbocycles. The van der Waals surface area contributed by atoms with Gasteiger partial charge in [-0.3, -0.25) is 9.59 Å². The molecule has 5 nitrogen and oxygen atoms in total. The third kappa shape index (κ3) is 2.38. The number of hydrogen-bond acceptors (Lipinski definition) is 2. The van der Waals surface area contributed by atoms with Crippen molar-refractivity contribution in [1.82, 2.24) is 14.9 Å². The van der Waals surface area contributed by atoms with Crippen LogP contribution in [0.3, 0.4) is 0 Å². The maximum Gasteiger partial charge on any atom is 0.258 e. The van der Waals surface area contributed by atoms with Crippen molar-refractivity contribution < 1.29 is 4.79 Å². The lowest BCUT2D eigenvalue weighted by molar-refractivity contribution is 0.0736. The van der Waals surface area contributed by atoms with E-state index in [2.05, 4.69) is 32.0 Å². The molecule has 0 saturated heterocycles. The number of nitrogens with zero attached hydrogens (tertiary/aromatic N) is 1. The number of H-pyrrole nitrogens is 2. The third-order valence-corrected chi connectivity index (χ3v) is 5.11. The lowest BCUT2D eigenvalue weighted by atomic mass is 9.99. The first kappa shape index (κ1) is 15.2. The molecule has 0 bridgehead atoms. The van der Waals surface area contributed by atoms with Crippen LogP contribution in [0.4, 0.5) is 0 Å². The van der Waals surface area contributed by atoms with E-state index in [1.807, 2.05) is 19.1 Å². The minimum atomic E-state index is -0.235. The van der Waals surface area contributed by atoms with Crippen molar-refractivity contribution in [3.63, 3.8) is 0 Å². The largest absolute Gasteiger partial charge is 0.360 e. The van der Waals surface area contributed by atoms with E-state index in [-0.39, 0.29) is 11.5 Å². The molecule has 0 fully saturated rings. The van der Waals surface area contributed by atoms with Gasteiger partial charge < -0.3 is 14.9 Å². The predicted octanol–water partition coefficient (Wildman–Crippen LogP) is 3.13. The maximum atomic E-state index is 13.0. The molecule has 2 aromatic heterocycles. The van der Waals surface area contributed by atoms with Crippen LogP contribution in [0.25, 0.3) is 10.9 Å². The fourth-order valence-corrected chi connectivity index (χ4v) is 3.73. The molecule has 0 unspecified atom stereocenters. The number of pyridine rings is 1. The molecule has 122 valence electrons. The number of rotatable bonds is 1. The van der Waals surface area contributed by atoms with Crippen molar-refractivity contribution in [3.8, 4) is 0 Å². The van der Waals surface area contributed by atoms with Gasteiger partial charge in [0.05, 0.1) is 16.5 Å². The Labute approximate surface area is 146 Å². The number of aromatic amines is 2. The van der Waals surface area contributed by atoms with Crippen molar-refractivity contribution >= 4 is 32.7 Å². The number of hydrogen-bond donors (Lipinski definition) is 2. The van der Waals surface area contributed by atoms with E-state index in [1.165, 1.54) is 5.56 Å². The van der Waals surface area contributed by atoms with Crippen LogP contribution in [0.5, 0.6) is 0 Å². The molecule has 1 aliphatic rings. The minimum Gasteiger partial charge on any atom is -0.360 e. The Morgan fingerprint density at radius 3 is 2.88 bits per heavy atom. The van der Waals surface area contributed by atoms with Crippen LogP contribution in [-0.2, 0) is 13.0 Å². The summed E-state index contributed by atoms with van der Waals surface area (Å²) < 4.78 is 1.06. The van der Waals surface area contributed by atoms with Gasteiger partial charge in [0.2, 0.25) is 0 Å². The smallest absolute Gasteiger partial charge is 0.258 e. The van der Waals surface area contributed by atoms with E-state index >= 15 is 0 Å². The molecule has 4 rings (SSSR count). The van der Waals surface area contributed by atoms with Crippen LogP contribution in [0, 0.1) is 6.92 Å². The van der Waals surface area contributed by atoms with Crippen LogP contribution in [0.1, 0.15) is 27.0 Å². The van der Waals surface area contributed by atoms with E-state index in [0.717, 1.165) is 27.5 Å². The molecule has 3 heterocycles. The third-order valence-electron chi connectivity index (χ3n) is 4.62. The second-order valence-electron chi connectivity index (χ2n) is 6.14. The van der Waals surface area contributed by atoms with E-state index in [0.29, 0.717) is 24.0 Å². The Balaban J connectivity index is 1.72. The number of carbonyl (C=O) groups is 1.